The number of fused-ring (bicyclic) bond motifs is 4. The van der Waals surface area contributed by atoms with Crippen molar-refractivity contribution in [1.29, 1.82) is 0 Å². The molecule has 13 heteroatoms. The highest BCUT2D eigenvalue weighted by Crippen LogP contribution is 2.59. The summed E-state index contributed by atoms with van der Waals surface area (Å²) in [5, 5.41) is 29.2. The van der Waals surface area contributed by atoms with Crippen LogP contribution in [0.1, 0.15) is 75.7 Å². The van der Waals surface area contributed by atoms with E-state index in [-0.39, 0.29) is 73.9 Å². The second-order valence-corrected chi connectivity index (χ2v) is 13.6. The monoisotopic (exact) mass is 702 g/mol. The molecule has 2 heterocycles. The van der Waals surface area contributed by atoms with Crippen molar-refractivity contribution in [3.8, 4) is 11.5 Å². The van der Waals surface area contributed by atoms with Gasteiger partial charge in [-0.15, -0.1) is 0 Å². The van der Waals surface area contributed by atoms with E-state index < -0.39 is 47.4 Å². The van der Waals surface area contributed by atoms with Crippen LogP contribution < -0.4 is 4.74 Å². The summed E-state index contributed by atoms with van der Waals surface area (Å²) < 4.78 is 6.00. The first-order valence-electron chi connectivity index (χ1n) is 15.9. The van der Waals surface area contributed by atoms with Crippen molar-refractivity contribution in [2.75, 3.05) is 20.2 Å². The number of benzene rings is 1. The number of amides is 4. The Morgan fingerprint density at radius 2 is 1.37 bits per heavy atom. The van der Waals surface area contributed by atoms with Crippen molar-refractivity contribution < 1.29 is 48.8 Å². The minimum absolute atomic E-state index is 0.00367. The first-order chi connectivity index (χ1) is 22.0. The normalized spacial score (nSPS) is 27.0. The molecule has 248 valence electrons. The number of carboxylic acid groups (broad SMARTS) is 2. The van der Waals surface area contributed by atoms with Gasteiger partial charge >= 0.3 is 11.9 Å². The van der Waals surface area contributed by atoms with Crippen LogP contribution in [0.5, 0.6) is 11.5 Å². The number of rotatable bonds is 14. The van der Waals surface area contributed by atoms with Gasteiger partial charge in [-0.05, 0) is 56.6 Å². The lowest BCUT2D eigenvalue weighted by molar-refractivity contribution is -0.142. The number of likely N-dealkylation sites (tertiary alicyclic amines) is 2. The minimum atomic E-state index is -0.905. The Bertz CT molecular complexity index is 1470. The fourth-order valence-corrected chi connectivity index (χ4v) is 8.40. The highest BCUT2D eigenvalue weighted by Gasteiger charge is 2.62. The third-order valence-electron chi connectivity index (χ3n) is 10.00. The maximum Gasteiger partial charge on any atom is 0.303 e. The SMILES string of the molecule is COc1cc(Br)cc([C@H]2C3=CC[C@@H]4C(=O)N(CCCCCC(=O)O)C(=O)[C@@H]4[C@@H]3C[C@H]3C(=O)N(CCCCCC(=O)O)C(=O)[C@@H]23)c1O. The van der Waals surface area contributed by atoms with Gasteiger partial charge in [-0.1, -0.05) is 40.4 Å². The van der Waals surface area contributed by atoms with Gasteiger partial charge in [-0.2, -0.15) is 0 Å². The van der Waals surface area contributed by atoms with Crippen LogP contribution >= 0.6 is 15.9 Å². The second kappa shape index (κ2) is 13.9. The van der Waals surface area contributed by atoms with Gasteiger partial charge in [0, 0.05) is 41.9 Å². The number of nitrogens with zero attached hydrogens (tertiary/aromatic N) is 2. The number of carbonyl (C=O) groups is 6. The lowest BCUT2D eigenvalue weighted by atomic mass is 9.57. The number of hydrogen-bond acceptors (Lipinski definition) is 8. The Hall–Kier alpha value is -3.74. The zero-order chi connectivity index (χ0) is 33.3. The van der Waals surface area contributed by atoms with Crippen molar-refractivity contribution >= 4 is 51.5 Å². The molecule has 3 fully saturated rings. The molecule has 2 aliphatic carbocycles. The molecule has 4 aliphatic rings. The van der Waals surface area contributed by atoms with Gasteiger partial charge in [0.15, 0.2) is 11.5 Å². The van der Waals surface area contributed by atoms with E-state index in [0.717, 1.165) is 5.57 Å². The first-order valence-corrected chi connectivity index (χ1v) is 16.7. The van der Waals surface area contributed by atoms with Crippen molar-refractivity contribution in [2.24, 2.45) is 29.6 Å². The first kappa shape index (κ1) is 33.6. The molecule has 1 saturated carbocycles. The zero-order valence-electron chi connectivity index (χ0n) is 25.7. The summed E-state index contributed by atoms with van der Waals surface area (Å²) in [7, 11) is 1.41. The molecule has 0 bridgehead atoms. The van der Waals surface area contributed by atoms with E-state index in [4.69, 9.17) is 14.9 Å². The van der Waals surface area contributed by atoms with Crippen LogP contribution in [0.15, 0.2) is 28.3 Å². The summed E-state index contributed by atoms with van der Waals surface area (Å²) in [5.41, 5.74) is 1.15. The van der Waals surface area contributed by atoms with Crippen LogP contribution in [0.4, 0.5) is 0 Å². The number of allylic oxidation sites excluding steroid dienone is 2. The summed E-state index contributed by atoms with van der Waals surface area (Å²) in [6.45, 7) is 0.339. The summed E-state index contributed by atoms with van der Waals surface area (Å²) in [6.07, 6.45) is 5.34. The number of aliphatic carboxylic acids is 2. The Balaban J connectivity index is 1.46. The van der Waals surface area contributed by atoms with Gasteiger partial charge in [-0.3, -0.25) is 38.6 Å². The predicted octanol–water partition coefficient (Wildman–Crippen LogP) is 4.09. The summed E-state index contributed by atoms with van der Waals surface area (Å²) >= 11 is 3.47. The molecule has 12 nitrogen and oxygen atoms in total. The summed E-state index contributed by atoms with van der Waals surface area (Å²) in [5.74, 6) is -7.23. The third kappa shape index (κ3) is 6.30. The third-order valence-corrected chi connectivity index (χ3v) is 10.5. The molecular formula is C33H39BrN2O10. The van der Waals surface area contributed by atoms with Gasteiger partial charge < -0.3 is 20.1 Å². The fourth-order valence-electron chi connectivity index (χ4n) is 7.94. The smallest absolute Gasteiger partial charge is 0.303 e. The molecule has 4 amide bonds. The molecule has 3 N–H and O–H groups in total. The average molecular weight is 704 g/mol. The van der Waals surface area contributed by atoms with Gasteiger partial charge in [0.2, 0.25) is 23.6 Å². The molecule has 0 unspecified atom stereocenters. The topological polar surface area (TPSA) is 179 Å². The van der Waals surface area contributed by atoms with Crippen LogP contribution in [0, 0.1) is 29.6 Å². The lowest BCUT2D eigenvalue weighted by Crippen LogP contribution is -2.43. The van der Waals surface area contributed by atoms with Crippen molar-refractivity contribution in [3.05, 3.63) is 33.8 Å². The van der Waals surface area contributed by atoms with E-state index in [9.17, 15) is 33.9 Å². The number of phenolic OH excluding ortho intramolecular Hbond substituents is 1. The number of carbonyl (C=O) groups excluding carboxylic acids is 4. The fraction of sp³-hybridized carbons (Fsp3) is 0.576. The predicted molar refractivity (Wildman–Crippen MR) is 166 cm³/mol. The van der Waals surface area contributed by atoms with Gasteiger partial charge in [0.05, 0.1) is 30.8 Å². The number of halogens is 1. The van der Waals surface area contributed by atoms with Crippen LogP contribution in [0.3, 0.4) is 0 Å². The quantitative estimate of drug-likeness (QED) is 0.145. The van der Waals surface area contributed by atoms with E-state index in [1.54, 1.807) is 12.1 Å². The molecule has 2 saturated heterocycles. The Morgan fingerprint density at radius 3 is 1.93 bits per heavy atom. The molecule has 0 radical (unpaired) electrons. The summed E-state index contributed by atoms with van der Waals surface area (Å²) in [6, 6.07) is 3.30. The molecule has 0 aromatic heterocycles. The molecule has 0 spiro atoms. The van der Waals surface area contributed by atoms with Gasteiger partial charge in [0.1, 0.15) is 0 Å². The molecule has 6 atom stereocenters. The second-order valence-electron chi connectivity index (χ2n) is 12.6. The van der Waals surface area contributed by atoms with Crippen molar-refractivity contribution in [3.63, 3.8) is 0 Å². The van der Waals surface area contributed by atoms with Crippen LogP contribution in [0.2, 0.25) is 0 Å². The van der Waals surface area contributed by atoms with Gasteiger partial charge in [0.25, 0.3) is 0 Å². The number of ether oxygens (including phenoxy) is 1. The molecular weight excluding hydrogens is 664 g/mol. The Kier molecular flexibility index (Phi) is 10.2. The molecule has 1 aromatic carbocycles. The highest BCUT2D eigenvalue weighted by molar-refractivity contribution is 9.10. The van der Waals surface area contributed by atoms with Crippen LogP contribution in [-0.2, 0) is 28.8 Å². The molecule has 2 aliphatic heterocycles. The van der Waals surface area contributed by atoms with E-state index in [1.807, 2.05) is 6.08 Å². The van der Waals surface area contributed by atoms with E-state index in [2.05, 4.69) is 15.9 Å². The van der Waals surface area contributed by atoms with Crippen LogP contribution in [0.25, 0.3) is 0 Å². The maximum atomic E-state index is 14.0. The maximum absolute atomic E-state index is 14.0. The minimum Gasteiger partial charge on any atom is -0.504 e. The largest absolute Gasteiger partial charge is 0.504 e. The van der Waals surface area contributed by atoms with Crippen LogP contribution in [-0.4, -0.2) is 80.9 Å². The number of phenols is 1. The number of aromatic hydroxyl groups is 1. The highest BCUT2D eigenvalue weighted by atomic mass is 79.9. The molecule has 1 aromatic rings. The Labute approximate surface area is 274 Å². The van der Waals surface area contributed by atoms with Crippen molar-refractivity contribution in [2.45, 2.75) is 70.1 Å². The van der Waals surface area contributed by atoms with Gasteiger partial charge in [-0.25, -0.2) is 0 Å². The zero-order valence-corrected chi connectivity index (χ0v) is 27.2. The average Bonchev–Trinajstić information content (AvgIpc) is 3.40. The lowest BCUT2D eigenvalue weighted by Gasteiger charge is -2.44. The summed E-state index contributed by atoms with van der Waals surface area (Å²) in [4.78, 5) is 79.6. The number of imide groups is 2. The van der Waals surface area contributed by atoms with E-state index in [0.29, 0.717) is 48.6 Å². The molecule has 46 heavy (non-hydrogen) atoms. The van der Waals surface area contributed by atoms with E-state index in [1.165, 1.54) is 16.9 Å². The number of carboxylic acids is 2. The standard InChI is InChI=1S/C33H39BrN2O10/c1-46-23-15-17(34)14-21(29(23)41)26-18-10-11-19-27(32(44)35(30(19)42)12-6-2-4-8-24(37)38)20(18)16-22-28(26)33(45)36(31(22)43)13-7-3-5-9-25(39)40/h10,14-15,19-20,22,26-28,41H,2-9,11-13,16H2,1H3,(H,37,38)(H,39,40)/t19-,20+,22+,26+,27-,28+/m0/s1. The number of unbranched alkanes of at least 4 members (excludes halogenated alkanes) is 4. The number of hydrogen-bond donors (Lipinski definition) is 3. The van der Waals surface area contributed by atoms with Crippen molar-refractivity contribution in [1.82, 2.24) is 9.80 Å². The number of methoxy groups -OCH3 is 1. The van der Waals surface area contributed by atoms with E-state index >= 15 is 0 Å². The molecule has 5 rings (SSSR count). The Morgan fingerprint density at radius 1 is 0.804 bits per heavy atom.